The van der Waals surface area contributed by atoms with E-state index in [1.165, 1.54) is 24.3 Å². The van der Waals surface area contributed by atoms with E-state index in [2.05, 4.69) is 16.0 Å². The maximum atomic E-state index is 13.0. The van der Waals surface area contributed by atoms with E-state index in [1.807, 2.05) is 26.8 Å². The van der Waals surface area contributed by atoms with Gasteiger partial charge in [0.05, 0.1) is 0 Å². The van der Waals surface area contributed by atoms with Gasteiger partial charge in [-0.3, -0.25) is 14.4 Å². The Balaban J connectivity index is 1.97. The van der Waals surface area contributed by atoms with Crippen molar-refractivity contribution < 1.29 is 18.8 Å². The van der Waals surface area contributed by atoms with Gasteiger partial charge >= 0.3 is 0 Å². The first-order valence-electron chi connectivity index (χ1n) is 10.0. The fourth-order valence-corrected chi connectivity index (χ4v) is 2.87. The highest BCUT2D eigenvalue weighted by molar-refractivity contribution is 5.97. The van der Waals surface area contributed by atoms with Crippen molar-refractivity contribution in [3.8, 4) is 0 Å². The molecule has 3 amide bonds. The number of amides is 3. The number of halogens is 1. The minimum atomic E-state index is -0.741. The second-order valence-corrected chi connectivity index (χ2v) is 7.42. The van der Waals surface area contributed by atoms with E-state index in [0.717, 1.165) is 12.0 Å². The Morgan fingerprint density at radius 3 is 2.37 bits per heavy atom. The Bertz CT molecular complexity index is 882. The minimum absolute atomic E-state index is 0.0536. The Labute approximate surface area is 176 Å². The van der Waals surface area contributed by atoms with Gasteiger partial charge in [0.15, 0.2) is 0 Å². The van der Waals surface area contributed by atoms with Crippen LogP contribution in [0.5, 0.6) is 0 Å². The van der Waals surface area contributed by atoms with Crippen molar-refractivity contribution in [2.24, 2.45) is 5.92 Å². The molecule has 0 saturated carbocycles. The summed E-state index contributed by atoms with van der Waals surface area (Å²) in [5, 5.41) is 8.36. The first-order chi connectivity index (χ1) is 14.3. The Kier molecular flexibility index (Phi) is 8.53. The molecule has 1 unspecified atom stereocenters. The summed E-state index contributed by atoms with van der Waals surface area (Å²) >= 11 is 0. The molecule has 6 nitrogen and oxygen atoms in total. The number of anilines is 1. The van der Waals surface area contributed by atoms with Crippen LogP contribution in [0.15, 0.2) is 48.5 Å². The average Bonchev–Trinajstić information content (AvgIpc) is 2.70. The van der Waals surface area contributed by atoms with Gasteiger partial charge in [-0.1, -0.05) is 32.9 Å². The van der Waals surface area contributed by atoms with Gasteiger partial charge in [0.1, 0.15) is 11.9 Å². The zero-order valence-electron chi connectivity index (χ0n) is 17.5. The Morgan fingerprint density at radius 2 is 1.73 bits per heavy atom. The fourth-order valence-electron chi connectivity index (χ4n) is 2.87. The number of rotatable bonds is 9. The molecule has 0 heterocycles. The van der Waals surface area contributed by atoms with Gasteiger partial charge in [0.25, 0.3) is 5.91 Å². The molecule has 0 bridgehead atoms. The van der Waals surface area contributed by atoms with Gasteiger partial charge in [-0.25, -0.2) is 4.39 Å². The van der Waals surface area contributed by atoms with E-state index in [9.17, 15) is 18.8 Å². The predicted molar refractivity (Wildman–Crippen MR) is 114 cm³/mol. The summed E-state index contributed by atoms with van der Waals surface area (Å²) in [6, 6.07) is 11.6. The summed E-state index contributed by atoms with van der Waals surface area (Å²) in [4.78, 5) is 36.8. The van der Waals surface area contributed by atoms with Gasteiger partial charge in [0.2, 0.25) is 11.8 Å². The molecule has 0 radical (unpaired) electrons. The lowest BCUT2D eigenvalue weighted by Crippen LogP contribution is -2.49. The zero-order chi connectivity index (χ0) is 22.1. The quantitative estimate of drug-likeness (QED) is 0.587. The Hall–Kier alpha value is -3.22. The maximum absolute atomic E-state index is 13.0. The number of carbonyl (C=O) groups is 3. The molecule has 7 heteroatoms. The average molecular weight is 413 g/mol. The van der Waals surface area contributed by atoms with Gasteiger partial charge in [-0.05, 0) is 54.3 Å². The summed E-state index contributed by atoms with van der Waals surface area (Å²) in [7, 11) is 0. The van der Waals surface area contributed by atoms with Crippen molar-refractivity contribution in [1.29, 1.82) is 0 Å². The third-order valence-corrected chi connectivity index (χ3v) is 4.50. The summed E-state index contributed by atoms with van der Waals surface area (Å²) in [6.45, 7) is 5.86. The molecule has 0 aromatic heterocycles. The SMILES string of the molecule is CCCC(=O)Nc1cccc(CNC(=O)C(NC(=O)c2ccc(F)cc2)C(C)C)c1. The number of nitrogens with one attached hydrogen (secondary N) is 3. The molecule has 0 aliphatic rings. The molecule has 2 rings (SSSR count). The van der Waals surface area contributed by atoms with Crippen LogP contribution in [0.2, 0.25) is 0 Å². The summed E-state index contributed by atoms with van der Waals surface area (Å²) in [5.41, 5.74) is 1.78. The lowest BCUT2D eigenvalue weighted by Gasteiger charge is -2.22. The van der Waals surface area contributed by atoms with Crippen LogP contribution in [-0.4, -0.2) is 23.8 Å². The summed E-state index contributed by atoms with van der Waals surface area (Å²) in [6.07, 6.45) is 1.21. The van der Waals surface area contributed by atoms with E-state index >= 15 is 0 Å². The fraction of sp³-hybridized carbons (Fsp3) is 0.348. The molecule has 0 saturated heterocycles. The predicted octanol–water partition coefficient (Wildman–Crippen LogP) is 3.64. The largest absolute Gasteiger partial charge is 0.350 e. The van der Waals surface area contributed by atoms with Crippen LogP contribution < -0.4 is 16.0 Å². The number of hydrogen-bond acceptors (Lipinski definition) is 3. The molecule has 3 N–H and O–H groups in total. The number of hydrogen-bond donors (Lipinski definition) is 3. The second kappa shape index (κ2) is 11.1. The number of benzene rings is 2. The highest BCUT2D eigenvalue weighted by Gasteiger charge is 2.24. The lowest BCUT2D eigenvalue weighted by atomic mass is 10.0. The molecule has 0 spiro atoms. The normalized spacial score (nSPS) is 11.6. The van der Waals surface area contributed by atoms with Crippen LogP contribution in [-0.2, 0) is 16.1 Å². The maximum Gasteiger partial charge on any atom is 0.251 e. The molecule has 2 aromatic carbocycles. The van der Waals surface area contributed by atoms with E-state index in [-0.39, 0.29) is 29.8 Å². The monoisotopic (exact) mass is 413 g/mol. The molecule has 0 aliphatic heterocycles. The van der Waals surface area contributed by atoms with E-state index in [4.69, 9.17) is 0 Å². The minimum Gasteiger partial charge on any atom is -0.350 e. The molecule has 1 atom stereocenters. The molecular weight excluding hydrogens is 385 g/mol. The van der Waals surface area contributed by atoms with Gasteiger partial charge < -0.3 is 16.0 Å². The zero-order valence-corrected chi connectivity index (χ0v) is 17.5. The molecule has 0 aliphatic carbocycles. The number of carbonyl (C=O) groups excluding carboxylic acids is 3. The van der Waals surface area contributed by atoms with Crippen molar-refractivity contribution in [3.05, 3.63) is 65.5 Å². The van der Waals surface area contributed by atoms with E-state index in [0.29, 0.717) is 12.1 Å². The standard InChI is InChI=1S/C23H28FN3O3/c1-4-6-20(28)26-19-8-5-7-16(13-19)14-25-23(30)21(15(2)3)27-22(29)17-9-11-18(24)12-10-17/h5,7-13,15,21H,4,6,14H2,1-3H3,(H,25,30)(H,26,28)(H,27,29). The summed E-state index contributed by atoms with van der Waals surface area (Å²) < 4.78 is 13.0. The van der Waals surface area contributed by atoms with Crippen LogP contribution >= 0.6 is 0 Å². The van der Waals surface area contributed by atoms with Crippen molar-refractivity contribution in [2.75, 3.05) is 5.32 Å². The van der Waals surface area contributed by atoms with Crippen LogP contribution in [0.1, 0.15) is 49.5 Å². The smallest absolute Gasteiger partial charge is 0.251 e. The van der Waals surface area contributed by atoms with Gasteiger partial charge in [-0.2, -0.15) is 0 Å². The van der Waals surface area contributed by atoms with E-state index in [1.54, 1.807) is 18.2 Å². The topological polar surface area (TPSA) is 87.3 Å². The molecule has 2 aromatic rings. The van der Waals surface area contributed by atoms with E-state index < -0.39 is 17.8 Å². The molecule has 160 valence electrons. The molecule has 0 fully saturated rings. The van der Waals surface area contributed by atoms with Crippen LogP contribution in [0.25, 0.3) is 0 Å². The van der Waals surface area contributed by atoms with Crippen molar-refractivity contribution >= 4 is 23.4 Å². The highest BCUT2D eigenvalue weighted by atomic mass is 19.1. The van der Waals surface area contributed by atoms with Crippen LogP contribution in [0.3, 0.4) is 0 Å². The van der Waals surface area contributed by atoms with Crippen molar-refractivity contribution in [2.45, 2.75) is 46.2 Å². The third-order valence-electron chi connectivity index (χ3n) is 4.50. The first-order valence-corrected chi connectivity index (χ1v) is 10.0. The molecular formula is C23H28FN3O3. The van der Waals surface area contributed by atoms with Gasteiger partial charge in [-0.15, -0.1) is 0 Å². The molecule has 30 heavy (non-hydrogen) atoms. The van der Waals surface area contributed by atoms with Crippen molar-refractivity contribution in [1.82, 2.24) is 10.6 Å². The highest BCUT2D eigenvalue weighted by Crippen LogP contribution is 2.12. The Morgan fingerprint density at radius 1 is 1.03 bits per heavy atom. The lowest BCUT2D eigenvalue weighted by molar-refractivity contribution is -0.124. The third kappa shape index (κ3) is 6.99. The van der Waals surface area contributed by atoms with Crippen LogP contribution in [0.4, 0.5) is 10.1 Å². The van der Waals surface area contributed by atoms with Gasteiger partial charge in [0, 0.05) is 24.2 Å². The second-order valence-electron chi connectivity index (χ2n) is 7.42. The first kappa shape index (κ1) is 23.1. The van der Waals surface area contributed by atoms with Crippen molar-refractivity contribution in [3.63, 3.8) is 0 Å². The van der Waals surface area contributed by atoms with Crippen LogP contribution in [0, 0.1) is 11.7 Å². The summed E-state index contributed by atoms with van der Waals surface area (Å²) in [5.74, 6) is -1.39.